The van der Waals surface area contributed by atoms with Gasteiger partial charge in [0, 0.05) is 9.50 Å². The number of rotatable bonds is 2. The van der Waals surface area contributed by atoms with E-state index in [-0.39, 0.29) is 17.4 Å². The van der Waals surface area contributed by atoms with Crippen molar-refractivity contribution in [3.8, 4) is 0 Å². The Morgan fingerprint density at radius 3 is 2.78 bits per heavy atom. The second kappa shape index (κ2) is 5.19. The molecule has 1 aliphatic rings. The standard InChI is InChI=1S/C11H11BrClNO3S/c12-9-2-1-8(13)5-10(9)14-11(15)7-3-4-18(16,17)6-7/h1-2,5,7H,3-4,6H2,(H,14,15). The quantitative estimate of drug-likeness (QED) is 0.889. The molecule has 1 aliphatic heterocycles. The monoisotopic (exact) mass is 351 g/mol. The molecule has 0 bridgehead atoms. The van der Waals surface area contributed by atoms with Crippen molar-refractivity contribution in [3.63, 3.8) is 0 Å². The molecule has 1 heterocycles. The zero-order valence-electron chi connectivity index (χ0n) is 9.32. The normalized spacial score (nSPS) is 21.8. The van der Waals surface area contributed by atoms with Crippen molar-refractivity contribution in [1.29, 1.82) is 0 Å². The van der Waals surface area contributed by atoms with Gasteiger partial charge >= 0.3 is 0 Å². The van der Waals surface area contributed by atoms with Gasteiger partial charge < -0.3 is 5.32 Å². The van der Waals surface area contributed by atoms with E-state index in [0.29, 0.717) is 21.6 Å². The number of amides is 1. The fourth-order valence-electron chi connectivity index (χ4n) is 1.83. The van der Waals surface area contributed by atoms with Gasteiger partial charge in [-0.1, -0.05) is 11.6 Å². The molecule has 1 atom stereocenters. The SMILES string of the molecule is O=C(Nc1cc(Cl)ccc1Br)C1CCS(=O)(=O)C1. The molecule has 2 rings (SSSR count). The van der Waals surface area contributed by atoms with Gasteiger partial charge in [-0.15, -0.1) is 0 Å². The Balaban J connectivity index is 2.10. The van der Waals surface area contributed by atoms with Crippen LogP contribution in [0.15, 0.2) is 22.7 Å². The van der Waals surface area contributed by atoms with Crippen molar-refractivity contribution >= 4 is 49.0 Å². The van der Waals surface area contributed by atoms with Crippen LogP contribution in [0.5, 0.6) is 0 Å². The van der Waals surface area contributed by atoms with Crippen LogP contribution in [0.4, 0.5) is 5.69 Å². The minimum atomic E-state index is -3.05. The van der Waals surface area contributed by atoms with Crippen molar-refractivity contribution in [3.05, 3.63) is 27.7 Å². The zero-order chi connectivity index (χ0) is 13.3. The molecule has 1 fully saturated rings. The van der Waals surface area contributed by atoms with Gasteiger partial charge in [-0.25, -0.2) is 8.42 Å². The lowest BCUT2D eigenvalue weighted by Gasteiger charge is -2.11. The fourth-order valence-corrected chi connectivity index (χ4v) is 4.09. The van der Waals surface area contributed by atoms with Crippen LogP contribution in [-0.2, 0) is 14.6 Å². The average Bonchev–Trinajstić information content (AvgIpc) is 2.64. The molecule has 1 aromatic carbocycles. The van der Waals surface area contributed by atoms with E-state index in [9.17, 15) is 13.2 Å². The Morgan fingerprint density at radius 2 is 2.17 bits per heavy atom. The lowest BCUT2D eigenvalue weighted by Crippen LogP contribution is -2.23. The second-order valence-corrected chi connectivity index (χ2v) is 7.73. The van der Waals surface area contributed by atoms with Crippen LogP contribution >= 0.6 is 27.5 Å². The highest BCUT2D eigenvalue weighted by Crippen LogP contribution is 2.27. The first kappa shape index (κ1) is 13.8. The summed E-state index contributed by atoms with van der Waals surface area (Å²) >= 11 is 9.14. The molecule has 18 heavy (non-hydrogen) atoms. The molecule has 4 nitrogen and oxygen atoms in total. The van der Waals surface area contributed by atoms with Crippen molar-refractivity contribution in [2.24, 2.45) is 5.92 Å². The predicted molar refractivity (Wildman–Crippen MR) is 74.5 cm³/mol. The molecule has 1 amide bonds. The molecule has 7 heteroatoms. The number of anilines is 1. The van der Waals surface area contributed by atoms with Gasteiger partial charge in [0.1, 0.15) is 0 Å². The highest BCUT2D eigenvalue weighted by molar-refractivity contribution is 9.10. The third-order valence-corrected chi connectivity index (χ3v) is 5.48. The third kappa shape index (κ3) is 3.24. The molecule has 98 valence electrons. The summed E-state index contributed by atoms with van der Waals surface area (Å²) in [7, 11) is -3.05. The molecule has 0 aliphatic carbocycles. The number of hydrogen-bond donors (Lipinski definition) is 1. The molecule has 0 aromatic heterocycles. The van der Waals surface area contributed by atoms with Crippen LogP contribution in [0, 0.1) is 5.92 Å². The maximum absolute atomic E-state index is 11.9. The highest BCUT2D eigenvalue weighted by atomic mass is 79.9. The smallest absolute Gasteiger partial charge is 0.228 e. The van der Waals surface area contributed by atoms with E-state index < -0.39 is 15.8 Å². The van der Waals surface area contributed by atoms with E-state index in [1.165, 1.54) is 0 Å². The topological polar surface area (TPSA) is 63.2 Å². The number of benzene rings is 1. The molecular formula is C11H11BrClNO3S. The van der Waals surface area contributed by atoms with Crippen molar-refractivity contribution in [2.75, 3.05) is 16.8 Å². The molecule has 0 spiro atoms. The Bertz CT molecular complexity index is 588. The Labute approximate surface area is 119 Å². The molecule has 0 saturated carbocycles. The van der Waals surface area contributed by atoms with Crippen molar-refractivity contribution in [2.45, 2.75) is 6.42 Å². The number of halogens is 2. The average molecular weight is 353 g/mol. The van der Waals surface area contributed by atoms with Crippen molar-refractivity contribution < 1.29 is 13.2 Å². The lowest BCUT2D eigenvalue weighted by atomic mass is 10.1. The third-order valence-electron chi connectivity index (χ3n) is 2.79. The minimum absolute atomic E-state index is 0.0724. The van der Waals surface area contributed by atoms with Crippen LogP contribution in [0.25, 0.3) is 0 Å². The van der Waals surface area contributed by atoms with Crippen LogP contribution in [0.2, 0.25) is 5.02 Å². The van der Waals surface area contributed by atoms with E-state index in [4.69, 9.17) is 11.6 Å². The van der Waals surface area contributed by atoms with Gasteiger partial charge in [-0.05, 0) is 40.5 Å². The molecule has 1 saturated heterocycles. The maximum Gasteiger partial charge on any atom is 0.228 e. The van der Waals surface area contributed by atoms with Crippen LogP contribution in [-0.4, -0.2) is 25.8 Å². The molecule has 1 aromatic rings. The fraction of sp³-hybridized carbons (Fsp3) is 0.364. The predicted octanol–water partition coefficient (Wildman–Crippen LogP) is 2.48. The van der Waals surface area contributed by atoms with Crippen molar-refractivity contribution in [1.82, 2.24) is 0 Å². The Morgan fingerprint density at radius 1 is 1.44 bits per heavy atom. The summed E-state index contributed by atoms with van der Waals surface area (Å²) < 4.78 is 23.3. The molecular weight excluding hydrogens is 342 g/mol. The van der Waals surface area contributed by atoms with Gasteiger partial charge in [0.2, 0.25) is 5.91 Å². The summed E-state index contributed by atoms with van der Waals surface area (Å²) in [4.78, 5) is 11.9. The molecule has 0 radical (unpaired) electrons. The van der Waals surface area contributed by atoms with E-state index in [1.54, 1.807) is 18.2 Å². The largest absolute Gasteiger partial charge is 0.325 e. The van der Waals surface area contributed by atoms with Crippen LogP contribution < -0.4 is 5.32 Å². The van der Waals surface area contributed by atoms with Gasteiger partial charge in [0.15, 0.2) is 9.84 Å². The number of hydrogen-bond acceptors (Lipinski definition) is 3. The summed E-state index contributed by atoms with van der Waals surface area (Å²) in [5, 5.41) is 3.20. The summed E-state index contributed by atoms with van der Waals surface area (Å²) in [6.45, 7) is 0. The number of carbonyl (C=O) groups excluding carboxylic acids is 1. The number of nitrogens with one attached hydrogen (secondary N) is 1. The Kier molecular flexibility index (Phi) is 3.99. The lowest BCUT2D eigenvalue weighted by molar-refractivity contribution is -0.119. The zero-order valence-corrected chi connectivity index (χ0v) is 12.5. The molecule has 1 N–H and O–H groups in total. The van der Waals surface area contributed by atoms with E-state index in [0.717, 1.165) is 0 Å². The van der Waals surface area contributed by atoms with E-state index >= 15 is 0 Å². The van der Waals surface area contributed by atoms with E-state index in [2.05, 4.69) is 21.2 Å². The maximum atomic E-state index is 11.9. The summed E-state index contributed by atoms with van der Waals surface area (Å²) in [6, 6.07) is 5.04. The first-order chi connectivity index (χ1) is 8.37. The summed E-state index contributed by atoms with van der Waals surface area (Å²) in [6.07, 6.45) is 0.381. The molecule has 1 unspecified atom stereocenters. The van der Waals surface area contributed by atoms with Crippen LogP contribution in [0.3, 0.4) is 0 Å². The number of sulfone groups is 1. The summed E-state index contributed by atoms with van der Waals surface area (Å²) in [5.74, 6) is -0.737. The Hall–Kier alpha value is -0.590. The first-order valence-corrected chi connectivity index (χ1v) is 8.33. The second-order valence-electron chi connectivity index (χ2n) is 4.21. The van der Waals surface area contributed by atoms with E-state index in [1.807, 2.05) is 0 Å². The van der Waals surface area contributed by atoms with Crippen LogP contribution in [0.1, 0.15) is 6.42 Å². The first-order valence-electron chi connectivity index (χ1n) is 5.34. The minimum Gasteiger partial charge on any atom is -0.325 e. The van der Waals surface area contributed by atoms with Gasteiger partial charge in [-0.3, -0.25) is 4.79 Å². The van der Waals surface area contributed by atoms with Gasteiger partial charge in [-0.2, -0.15) is 0 Å². The highest BCUT2D eigenvalue weighted by Gasteiger charge is 2.33. The summed E-state index contributed by atoms with van der Waals surface area (Å²) in [5.41, 5.74) is 0.553. The van der Waals surface area contributed by atoms with Gasteiger partial charge in [0.05, 0.1) is 23.1 Å². The number of carbonyl (C=O) groups is 1. The van der Waals surface area contributed by atoms with Gasteiger partial charge in [0.25, 0.3) is 0 Å².